The minimum absolute atomic E-state index is 0.756. The monoisotopic (exact) mass is 191 g/mol. The van der Waals surface area contributed by atoms with Crippen LogP contribution in [0.5, 0.6) is 0 Å². The molecule has 1 aliphatic carbocycles. The van der Waals surface area contributed by atoms with E-state index in [0.717, 1.165) is 19.1 Å². The van der Waals surface area contributed by atoms with E-state index in [4.69, 9.17) is 0 Å². The normalized spacial score (nSPS) is 15.8. The summed E-state index contributed by atoms with van der Waals surface area (Å²) in [6.45, 7) is 7.83. The molecule has 76 valence electrons. The van der Waals surface area contributed by atoms with Gasteiger partial charge in [-0.15, -0.1) is 0 Å². The van der Waals surface area contributed by atoms with Crippen molar-refractivity contribution in [2.75, 3.05) is 6.54 Å². The van der Waals surface area contributed by atoms with E-state index in [2.05, 4.69) is 23.9 Å². The van der Waals surface area contributed by atoms with E-state index < -0.39 is 0 Å². The summed E-state index contributed by atoms with van der Waals surface area (Å²) in [4.78, 5) is 0. The highest BCUT2D eigenvalue weighted by Crippen LogP contribution is 2.18. The second kappa shape index (κ2) is 3.96. The van der Waals surface area contributed by atoms with Gasteiger partial charge in [0.25, 0.3) is 0 Å². The Bertz CT molecular complexity index is 323. The van der Waals surface area contributed by atoms with Crippen LogP contribution in [-0.2, 0) is 6.54 Å². The van der Waals surface area contributed by atoms with E-state index in [1.54, 1.807) is 0 Å². The minimum Gasteiger partial charge on any atom is -0.310 e. The summed E-state index contributed by atoms with van der Waals surface area (Å²) in [7, 11) is 0. The Hall–Kier alpha value is -1.09. The zero-order valence-electron chi connectivity index (χ0n) is 8.66. The summed E-state index contributed by atoms with van der Waals surface area (Å²) >= 11 is 0. The fourth-order valence-corrected chi connectivity index (χ4v) is 1.41. The molecule has 0 bridgehead atoms. The third-order valence-electron chi connectivity index (χ3n) is 2.37. The van der Waals surface area contributed by atoms with E-state index in [1.165, 1.54) is 24.0 Å². The van der Waals surface area contributed by atoms with Crippen molar-refractivity contribution in [2.24, 2.45) is 0 Å². The predicted octanol–water partition coefficient (Wildman–Crippen LogP) is 1.50. The molecule has 3 nitrogen and oxygen atoms in total. The molecule has 0 amide bonds. The highest BCUT2D eigenvalue weighted by atomic mass is 15.3. The molecule has 2 rings (SSSR count). The van der Waals surface area contributed by atoms with Crippen LogP contribution in [0.3, 0.4) is 0 Å². The van der Waals surface area contributed by atoms with Crippen LogP contribution < -0.4 is 5.32 Å². The van der Waals surface area contributed by atoms with Crippen LogP contribution in [0.1, 0.15) is 18.4 Å². The van der Waals surface area contributed by atoms with Crippen molar-refractivity contribution in [3.05, 3.63) is 30.1 Å². The van der Waals surface area contributed by atoms with Gasteiger partial charge < -0.3 is 5.32 Å². The van der Waals surface area contributed by atoms with Crippen LogP contribution in [0.15, 0.2) is 24.5 Å². The lowest BCUT2D eigenvalue weighted by Crippen LogP contribution is -2.20. The molecule has 1 saturated carbocycles. The molecule has 1 aliphatic rings. The Kier molecular flexibility index (Phi) is 2.68. The van der Waals surface area contributed by atoms with Crippen LogP contribution in [-0.4, -0.2) is 22.4 Å². The summed E-state index contributed by atoms with van der Waals surface area (Å²) in [6, 6.07) is 0.756. The fourth-order valence-electron chi connectivity index (χ4n) is 1.41. The molecular formula is C11H17N3. The molecule has 1 aromatic heterocycles. The Balaban J connectivity index is 1.75. The van der Waals surface area contributed by atoms with Crippen molar-refractivity contribution >= 4 is 0 Å². The van der Waals surface area contributed by atoms with Crippen molar-refractivity contribution < 1.29 is 0 Å². The third-order valence-corrected chi connectivity index (χ3v) is 2.37. The van der Waals surface area contributed by atoms with Gasteiger partial charge in [-0.1, -0.05) is 6.58 Å². The smallest absolute Gasteiger partial charge is 0.0629 e. The van der Waals surface area contributed by atoms with E-state index in [9.17, 15) is 0 Å². The second-order valence-electron chi connectivity index (χ2n) is 4.12. The first-order valence-electron chi connectivity index (χ1n) is 5.13. The van der Waals surface area contributed by atoms with Crippen LogP contribution in [0.25, 0.3) is 0 Å². The molecule has 1 N–H and O–H groups in total. The molecule has 0 spiro atoms. The number of hydrogen-bond donors (Lipinski definition) is 1. The van der Waals surface area contributed by atoms with Gasteiger partial charge >= 0.3 is 0 Å². The lowest BCUT2D eigenvalue weighted by Gasteiger charge is -2.06. The Labute approximate surface area is 84.8 Å². The van der Waals surface area contributed by atoms with Gasteiger partial charge in [0, 0.05) is 18.8 Å². The number of hydrogen-bond acceptors (Lipinski definition) is 2. The molecule has 0 atom stereocenters. The Morgan fingerprint density at radius 3 is 3.07 bits per heavy atom. The number of rotatable bonds is 5. The van der Waals surface area contributed by atoms with Gasteiger partial charge in [0.1, 0.15) is 0 Å². The number of nitrogens with one attached hydrogen (secondary N) is 1. The fraction of sp³-hybridized carbons (Fsp3) is 0.545. The topological polar surface area (TPSA) is 29.9 Å². The highest BCUT2D eigenvalue weighted by molar-refractivity contribution is 5.04. The predicted molar refractivity (Wildman–Crippen MR) is 57.1 cm³/mol. The number of nitrogens with zero attached hydrogens (tertiary/aromatic N) is 2. The average Bonchev–Trinajstić information content (AvgIpc) is 2.88. The Morgan fingerprint density at radius 1 is 1.71 bits per heavy atom. The van der Waals surface area contributed by atoms with Gasteiger partial charge in [-0.2, -0.15) is 5.10 Å². The van der Waals surface area contributed by atoms with E-state index in [1.807, 2.05) is 17.1 Å². The zero-order valence-corrected chi connectivity index (χ0v) is 8.66. The molecular weight excluding hydrogens is 174 g/mol. The molecule has 0 unspecified atom stereocenters. The van der Waals surface area contributed by atoms with E-state index in [-0.39, 0.29) is 0 Å². The van der Waals surface area contributed by atoms with Crippen molar-refractivity contribution in [1.29, 1.82) is 0 Å². The molecule has 1 fully saturated rings. The second-order valence-corrected chi connectivity index (χ2v) is 4.12. The van der Waals surface area contributed by atoms with Gasteiger partial charge in [-0.25, -0.2) is 0 Å². The van der Waals surface area contributed by atoms with Crippen LogP contribution >= 0.6 is 0 Å². The standard InChI is InChI=1S/C11H17N3/c1-9(5-12-11-3-4-11)7-14-8-10(2)6-13-14/h6,8,11-12H,1,3-5,7H2,2H3. The van der Waals surface area contributed by atoms with E-state index in [0.29, 0.717) is 0 Å². The van der Waals surface area contributed by atoms with Crippen LogP contribution in [0.4, 0.5) is 0 Å². The van der Waals surface area contributed by atoms with Gasteiger partial charge in [0.15, 0.2) is 0 Å². The molecule has 0 saturated heterocycles. The summed E-state index contributed by atoms with van der Waals surface area (Å²) in [6.07, 6.45) is 6.58. The maximum Gasteiger partial charge on any atom is 0.0629 e. The summed E-state index contributed by atoms with van der Waals surface area (Å²) in [5.41, 5.74) is 2.40. The molecule has 1 aromatic rings. The quantitative estimate of drug-likeness (QED) is 0.715. The van der Waals surface area contributed by atoms with Crippen LogP contribution in [0.2, 0.25) is 0 Å². The average molecular weight is 191 g/mol. The number of aryl methyl sites for hydroxylation is 1. The maximum absolute atomic E-state index is 4.23. The molecule has 14 heavy (non-hydrogen) atoms. The lowest BCUT2D eigenvalue weighted by molar-refractivity contribution is 0.635. The first-order valence-corrected chi connectivity index (χ1v) is 5.13. The Morgan fingerprint density at radius 2 is 2.50 bits per heavy atom. The SMILES string of the molecule is C=C(CNC1CC1)Cn1cc(C)cn1. The van der Waals surface area contributed by atoms with Gasteiger partial charge in [-0.3, -0.25) is 4.68 Å². The molecule has 0 aromatic carbocycles. The summed E-state index contributed by atoms with van der Waals surface area (Å²) < 4.78 is 1.94. The molecule has 0 radical (unpaired) electrons. The van der Waals surface area contributed by atoms with Crippen molar-refractivity contribution in [3.8, 4) is 0 Å². The lowest BCUT2D eigenvalue weighted by atomic mass is 10.3. The largest absolute Gasteiger partial charge is 0.310 e. The molecule has 3 heteroatoms. The zero-order chi connectivity index (χ0) is 9.97. The third kappa shape index (κ3) is 2.70. The highest BCUT2D eigenvalue weighted by Gasteiger charge is 2.19. The first-order chi connectivity index (χ1) is 6.74. The van der Waals surface area contributed by atoms with Crippen molar-refractivity contribution in [3.63, 3.8) is 0 Å². The summed E-state index contributed by atoms with van der Waals surface area (Å²) in [5.74, 6) is 0. The van der Waals surface area contributed by atoms with Crippen molar-refractivity contribution in [1.82, 2.24) is 15.1 Å². The van der Waals surface area contributed by atoms with Crippen LogP contribution in [0, 0.1) is 6.92 Å². The van der Waals surface area contributed by atoms with Gasteiger partial charge in [0.05, 0.1) is 12.7 Å². The van der Waals surface area contributed by atoms with Crippen molar-refractivity contribution in [2.45, 2.75) is 32.4 Å². The molecule has 1 heterocycles. The molecule has 0 aliphatic heterocycles. The minimum atomic E-state index is 0.756. The first kappa shape index (κ1) is 9.46. The van der Waals surface area contributed by atoms with Gasteiger partial charge in [-0.05, 0) is 30.9 Å². The maximum atomic E-state index is 4.23. The van der Waals surface area contributed by atoms with Gasteiger partial charge in [0.2, 0.25) is 0 Å². The summed E-state index contributed by atoms with van der Waals surface area (Å²) in [5, 5.41) is 7.67. The van der Waals surface area contributed by atoms with E-state index >= 15 is 0 Å². The number of aromatic nitrogens is 2.